The maximum Gasteiger partial charge on any atom is 0.328 e. The zero-order valence-corrected chi connectivity index (χ0v) is 12.2. The Morgan fingerprint density at radius 3 is 2.47 bits per heavy atom. The maximum atomic E-state index is 10.5. The van der Waals surface area contributed by atoms with E-state index in [1.54, 1.807) is 13.2 Å². The number of ether oxygens (including phenoxy) is 1. The van der Waals surface area contributed by atoms with Gasteiger partial charge in [0, 0.05) is 11.6 Å². The van der Waals surface area contributed by atoms with Crippen LogP contribution in [0, 0.1) is 5.92 Å². The normalized spacial score (nSPS) is 12.1. The number of hydrogen-bond acceptors (Lipinski definition) is 2. The average Bonchev–Trinajstić information content (AvgIpc) is 2.35. The molecule has 0 bridgehead atoms. The lowest BCUT2D eigenvalue weighted by atomic mass is 9.74. The predicted molar refractivity (Wildman–Crippen MR) is 77.5 cm³/mol. The zero-order chi connectivity index (χ0) is 14.6. The molecule has 19 heavy (non-hydrogen) atoms. The van der Waals surface area contributed by atoms with Gasteiger partial charge in [-0.05, 0) is 29.0 Å². The molecule has 104 valence electrons. The van der Waals surface area contributed by atoms with Crippen LogP contribution in [0.5, 0.6) is 5.75 Å². The van der Waals surface area contributed by atoms with Gasteiger partial charge in [-0.25, -0.2) is 4.79 Å². The van der Waals surface area contributed by atoms with E-state index in [0.717, 1.165) is 23.0 Å². The van der Waals surface area contributed by atoms with Gasteiger partial charge in [-0.1, -0.05) is 39.8 Å². The van der Waals surface area contributed by atoms with Crippen LogP contribution < -0.4 is 4.74 Å². The minimum Gasteiger partial charge on any atom is -0.496 e. The number of carboxylic acid groups (broad SMARTS) is 1. The number of rotatable bonds is 5. The fourth-order valence-electron chi connectivity index (χ4n) is 1.82. The first-order valence-corrected chi connectivity index (χ1v) is 6.38. The minimum atomic E-state index is -0.953. The first-order chi connectivity index (χ1) is 8.78. The molecule has 3 heteroatoms. The molecule has 1 N–H and O–H groups in total. The second kappa shape index (κ2) is 5.91. The molecule has 0 unspecified atom stereocenters. The van der Waals surface area contributed by atoms with Gasteiger partial charge in [0.15, 0.2) is 0 Å². The fraction of sp³-hybridized carbons (Fsp3) is 0.438. The van der Waals surface area contributed by atoms with Crippen molar-refractivity contribution >= 4 is 12.0 Å². The highest BCUT2D eigenvalue weighted by atomic mass is 16.5. The molecule has 0 aromatic heterocycles. The Labute approximate surface area is 114 Å². The molecule has 0 radical (unpaired) electrons. The summed E-state index contributed by atoms with van der Waals surface area (Å²) in [5.74, 6) is 0.318. The van der Waals surface area contributed by atoms with Crippen molar-refractivity contribution < 1.29 is 14.6 Å². The van der Waals surface area contributed by atoms with E-state index in [4.69, 9.17) is 9.84 Å². The molecule has 0 spiro atoms. The van der Waals surface area contributed by atoms with Crippen LogP contribution in [0.3, 0.4) is 0 Å². The van der Waals surface area contributed by atoms with Crippen LogP contribution >= 0.6 is 0 Å². The molecule has 1 rings (SSSR count). The van der Waals surface area contributed by atoms with Gasteiger partial charge in [-0.15, -0.1) is 0 Å². The second-order valence-corrected chi connectivity index (χ2v) is 5.51. The molecule has 3 nitrogen and oxygen atoms in total. The Morgan fingerprint density at radius 2 is 2.00 bits per heavy atom. The van der Waals surface area contributed by atoms with E-state index in [1.165, 1.54) is 0 Å². The molecule has 0 saturated carbocycles. The second-order valence-electron chi connectivity index (χ2n) is 5.51. The van der Waals surface area contributed by atoms with Gasteiger partial charge in [-0.3, -0.25) is 0 Å². The summed E-state index contributed by atoms with van der Waals surface area (Å²) >= 11 is 0. The summed E-state index contributed by atoms with van der Waals surface area (Å²) in [7, 11) is 1.64. The average molecular weight is 262 g/mol. The van der Waals surface area contributed by atoms with Crippen LogP contribution in [0.25, 0.3) is 6.08 Å². The van der Waals surface area contributed by atoms with Crippen molar-refractivity contribution in [2.75, 3.05) is 7.11 Å². The van der Waals surface area contributed by atoms with Crippen LogP contribution in [0.15, 0.2) is 24.3 Å². The van der Waals surface area contributed by atoms with Crippen molar-refractivity contribution in [3.05, 3.63) is 35.4 Å². The molecule has 0 fully saturated rings. The highest BCUT2D eigenvalue weighted by Gasteiger charge is 2.27. The molecule has 1 aromatic rings. The summed E-state index contributed by atoms with van der Waals surface area (Å²) in [4.78, 5) is 10.5. The van der Waals surface area contributed by atoms with E-state index in [-0.39, 0.29) is 5.41 Å². The molecule has 0 atom stereocenters. The van der Waals surface area contributed by atoms with Crippen molar-refractivity contribution in [2.24, 2.45) is 5.92 Å². The minimum absolute atomic E-state index is 0.000383. The quantitative estimate of drug-likeness (QED) is 0.822. The van der Waals surface area contributed by atoms with Crippen molar-refractivity contribution in [2.45, 2.75) is 33.1 Å². The summed E-state index contributed by atoms with van der Waals surface area (Å²) in [5, 5.41) is 8.64. The molecular formula is C16H22O3. The molecule has 0 amide bonds. The van der Waals surface area contributed by atoms with Gasteiger partial charge in [0.2, 0.25) is 0 Å². The number of carboxylic acids is 1. The van der Waals surface area contributed by atoms with E-state index in [1.807, 2.05) is 18.2 Å². The maximum absolute atomic E-state index is 10.5. The van der Waals surface area contributed by atoms with Gasteiger partial charge in [-0.2, -0.15) is 0 Å². The van der Waals surface area contributed by atoms with Gasteiger partial charge < -0.3 is 9.84 Å². The number of carbonyl (C=O) groups is 1. The van der Waals surface area contributed by atoms with Crippen LogP contribution in [0.4, 0.5) is 0 Å². The van der Waals surface area contributed by atoms with E-state index >= 15 is 0 Å². The van der Waals surface area contributed by atoms with Crippen LogP contribution in [-0.2, 0) is 10.2 Å². The van der Waals surface area contributed by atoms with E-state index in [0.29, 0.717) is 5.92 Å². The first-order valence-electron chi connectivity index (χ1n) is 6.38. The summed E-state index contributed by atoms with van der Waals surface area (Å²) in [5.41, 5.74) is 1.96. The van der Waals surface area contributed by atoms with Crippen molar-refractivity contribution in [1.29, 1.82) is 0 Å². The zero-order valence-electron chi connectivity index (χ0n) is 12.2. The van der Waals surface area contributed by atoms with Gasteiger partial charge >= 0.3 is 5.97 Å². The predicted octanol–water partition coefficient (Wildman–Crippen LogP) is 3.73. The van der Waals surface area contributed by atoms with E-state index in [9.17, 15) is 4.79 Å². The number of methoxy groups -OCH3 is 1. The lowest BCUT2D eigenvalue weighted by Crippen LogP contribution is -2.25. The molecule has 0 saturated heterocycles. The SMILES string of the molecule is COc1cc(/C=C/C(=O)O)ccc1C(C)(C)C(C)C. The number of benzene rings is 1. The van der Waals surface area contributed by atoms with E-state index < -0.39 is 5.97 Å². The van der Waals surface area contributed by atoms with Gasteiger partial charge in [0.05, 0.1) is 7.11 Å². The van der Waals surface area contributed by atoms with Crippen molar-refractivity contribution in [3.8, 4) is 5.75 Å². The third-order valence-electron chi connectivity index (χ3n) is 3.78. The smallest absolute Gasteiger partial charge is 0.328 e. The lowest BCUT2D eigenvalue weighted by molar-refractivity contribution is -0.131. The topological polar surface area (TPSA) is 46.5 Å². The number of hydrogen-bond donors (Lipinski definition) is 1. The fourth-order valence-corrected chi connectivity index (χ4v) is 1.82. The molecule has 0 aliphatic heterocycles. The molecule has 0 heterocycles. The highest BCUT2D eigenvalue weighted by molar-refractivity contribution is 5.85. The third-order valence-corrected chi connectivity index (χ3v) is 3.78. The molecule has 0 aliphatic rings. The Balaban J connectivity index is 3.20. The Morgan fingerprint density at radius 1 is 1.37 bits per heavy atom. The van der Waals surface area contributed by atoms with Gasteiger partial charge in [0.1, 0.15) is 5.75 Å². The van der Waals surface area contributed by atoms with Crippen molar-refractivity contribution in [1.82, 2.24) is 0 Å². The number of aliphatic carboxylic acids is 1. The van der Waals surface area contributed by atoms with Crippen LogP contribution in [0.2, 0.25) is 0 Å². The van der Waals surface area contributed by atoms with E-state index in [2.05, 4.69) is 27.7 Å². The molecule has 0 aliphatic carbocycles. The Hall–Kier alpha value is -1.77. The van der Waals surface area contributed by atoms with Crippen LogP contribution in [-0.4, -0.2) is 18.2 Å². The van der Waals surface area contributed by atoms with Gasteiger partial charge in [0.25, 0.3) is 0 Å². The van der Waals surface area contributed by atoms with Crippen LogP contribution in [0.1, 0.15) is 38.8 Å². The lowest BCUT2D eigenvalue weighted by Gasteiger charge is -2.31. The Bertz CT molecular complexity index is 485. The molecular weight excluding hydrogens is 240 g/mol. The Kier molecular flexibility index (Phi) is 4.76. The standard InChI is InChI=1S/C16H22O3/c1-11(2)16(3,4)13-8-6-12(7-9-15(17)18)10-14(13)19-5/h6-11H,1-5H3,(H,17,18)/b9-7+. The summed E-state index contributed by atoms with van der Waals surface area (Å²) in [6, 6.07) is 5.81. The largest absolute Gasteiger partial charge is 0.496 e. The first kappa shape index (κ1) is 15.3. The summed E-state index contributed by atoms with van der Waals surface area (Å²) < 4.78 is 5.45. The monoisotopic (exact) mass is 262 g/mol. The van der Waals surface area contributed by atoms with Crippen molar-refractivity contribution in [3.63, 3.8) is 0 Å². The third kappa shape index (κ3) is 3.60. The summed E-state index contributed by atoms with van der Waals surface area (Å²) in [6.07, 6.45) is 2.69. The summed E-state index contributed by atoms with van der Waals surface area (Å²) in [6.45, 7) is 8.72. The highest BCUT2D eigenvalue weighted by Crippen LogP contribution is 2.37. The molecule has 1 aromatic carbocycles.